The number of nitrogens with two attached hydrogens (primary N) is 1. The fourth-order valence-electron chi connectivity index (χ4n) is 7.91. The van der Waals surface area contributed by atoms with Gasteiger partial charge in [-0.1, -0.05) is 76.2 Å². The minimum absolute atomic E-state index is 0.0301. The molecule has 0 saturated carbocycles. The Bertz CT molecular complexity index is 2290. The highest BCUT2D eigenvalue weighted by Crippen LogP contribution is 2.20. The summed E-state index contributed by atoms with van der Waals surface area (Å²) in [4.78, 5) is 128. The molecule has 1 saturated heterocycles. The highest BCUT2D eigenvalue weighted by molar-refractivity contribution is 6.00. The molecule has 22 nitrogen and oxygen atoms in total. The van der Waals surface area contributed by atoms with Gasteiger partial charge in [0.15, 0.2) is 0 Å². The largest absolute Gasteiger partial charge is 0.481 e. The predicted molar refractivity (Wildman–Crippen MR) is 256 cm³/mol. The van der Waals surface area contributed by atoms with Crippen molar-refractivity contribution in [3.8, 4) is 0 Å². The molecule has 1 aromatic heterocycles. The maximum absolute atomic E-state index is 14.4. The lowest BCUT2D eigenvalue weighted by Gasteiger charge is -2.29. The van der Waals surface area contributed by atoms with E-state index in [0.29, 0.717) is 34.9 Å². The summed E-state index contributed by atoms with van der Waals surface area (Å²) in [5.74, 6) is -9.73. The molecule has 2 aromatic carbocycles. The van der Waals surface area contributed by atoms with E-state index < -0.39 is 121 Å². The van der Waals surface area contributed by atoms with Gasteiger partial charge in [0, 0.05) is 29.9 Å². The highest BCUT2D eigenvalue weighted by atomic mass is 16.4. The van der Waals surface area contributed by atoms with Crippen LogP contribution in [0.4, 0.5) is 0 Å². The van der Waals surface area contributed by atoms with E-state index in [4.69, 9.17) is 5.73 Å². The number of fused-ring (bicyclic) bond motifs is 1. The van der Waals surface area contributed by atoms with Gasteiger partial charge in [-0.2, -0.15) is 0 Å². The number of amides is 8. The Balaban J connectivity index is 1.82. The molecular formula is C48H68N10O12. The van der Waals surface area contributed by atoms with Crippen molar-refractivity contribution in [1.29, 1.82) is 0 Å². The summed E-state index contributed by atoms with van der Waals surface area (Å²) in [6.07, 6.45) is 1.12. The van der Waals surface area contributed by atoms with E-state index in [-0.39, 0.29) is 50.5 Å². The Morgan fingerprint density at radius 2 is 0.943 bits per heavy atom. The van der Waals surface area contributed by atoms with Crippen molar-refractivity contribution in [2.45, 2.75) is 127 Å². The standard InChI is InChI=1S/C48H68N10O12/c1-26(2)18-33-42(64)56-37(22-40(61)62)46(68)58-38(24-59)47(69)54-35(20-28-12-6-5-7-13-28)44(66)51-32(16-10-11-17-49)41(63)52-34(19-27(3)4)43(65)57-39(25-60)48(70)55-36(45(67)53-33)21-29-23-50-31-15-9-8-14-30(29)31/h5-9,12-15,23,26-27,32-39,50,59-60H,10-11,16-22,24-25,49H2,1-4H3,(H,51,66)(H,52,63)(H,53,67)(H,54,69)(H,55,70)(H,56,64)(H,57,65)(H,58,68)(H,61,62)/t32-,33-,34-,35-,36-,37-,38-,39-/m0/s1. The van der Waals surface area contributed by atoms with Crippen LogP contribution in [0, 0.1) is 11.8 Å². The Morgan fingerprint density at radius 3 is 1.46 bits per heavy atom. The first-order chi connectivity index (χ1) is 33.3. The third-order valence-electron chi connectivity index (χ3n) is 11.6. The molecular weight excluding hydrogens is 909 g/mol. The molecule has 0 radical (unpaired) electrons. The summed E-state index contributed by atoms with van der Waals surface area (Å²) in [7, 11) is 0. The summed E-state index contributed by atoms with van der Waals surface area (Å²) in [5.41, 5.74) is 7.59. The van der Waals surface area contributed by atoms with Crippen LogP contribution >= 0.6 is 0 Å². The van der Waals surface area contributed by atoms with Crippen molar-refractivity contribution >= 4 is 64.1 Å². The number of nitrogens with one attached hydrogen (secondary N) is 9. The number of aliphatic hydroxyl groups is 2. The van der Waals surface area contributed by atoms with Gasteiger partial charge in [-0.05, 0) is 67.7 Å². The molecule has 0 aliphatic carbocycles. The maximum atomic E-state index is 14.4. The number of hydrogen-bond acceptors (Lipinski definition) is 12. The molecule has 2 heterocycles. The van der Waals surface area contributed by atoms with E-state index in [9.17, 15) is 58.5 Å². The molecule has 14 N–H and O–H groups in total. The molecule has 22 heteroatoms. The molecule has 1 fully saturated rings. The number of carboxylic acid groups (broad SMARTS) is 1. The van der Waals surface area contributed by atoms with E-state index in [1.54, 1.807) is 88.5 Å². The third kappa shape index (κ3) is 16.9. The van der Waals surface area contributed by atoms with Crippen molar-refractivity contribution in [2.75, 3.05) is 19.8 Å². The summed E-state index contributed by atoms with van der Waals surface area (Å²) in [6, 6.07) is 3.30. The summed E-state index contributed by atoms with van der Waals surface area (Å²) < 4.78 is 0. The van der Waals surface area contributed by atoms with E-state index in [1.807, 2.05) is 0 Å². The molecule has 4 rings (SSSR count). The Kier molecular flexibility index (Phi) is 21.7. The number of para-hydroxylation sites is 1. The third-order valence-corrected chi connectivity index (χ3v) is 11.6. The Morgan fingerprint density at radius 1 is 0.529 bits per heavy atom. The minimum Gasteiger partial charge on any atom is -0.481 e. The molecule has 1 aliphatic rings. The number of benzene rings is 2. The van der Waals surface area contributed by atoms with Crippen LogP contribution in [-0.4, -0.2) is 142 Å². The molecule has 3 aromatic rings. The van der Waals surface area contributed by atoms with Crippen LogP contribution in [0.1, 0.15) is 77.3 Å². The number of aliphatic hydroxyl groups excluding tert-OH is 2. The second-order valence-corrected chi connectivity index (χ2v) is 18.2. The monoisotopic (exact) mass is 977 g/mol. The van der Waals surface area contributed by atoms with Gasteiger partial charge in [0.05, 0.1) is 19.6 Å². The lowest BCUT2D eigenvalue weighted by molar-refractivity contribution is -0.142. The number of hydrogen-bond donors (Lipinski definition) is 13. The van der Waals surface area contributed by atoms with Crippen LogP contribution < -0.4 is 48.3 Å². The number of rotatable bonds is 16. The lowest BCUT2D eigenvalue weighted by atomic mass is 9.99. The average molecular weight is 977 g/mol. The van der Waals surface area contributed by atoms with Gasteiger partial charge in [0.25, 0.3) is 0 Å². The number of H-pyrrole nitrogens is 1. The van der Waals surface area contributed by atoms with Crippen molar-refractivity contribution in [3.63, 3.8) is 0 Å². The molecule has 8 amide bonds. The van der Waals surface area contributed by atoms with E-state index in [2.05, 4.69) is 47.5 Å². The first-order valence-electron chi connectivity index (χ1n) is 23.5. The van der Waals surface area contributed by atoms with Gasteiger partial charge in [-0.15, -0.1) is 0 Å². The smallest absolute Gasteiger partial charge is 0.305 e. The summed E-state index contributed by atoms with van der Waals surface area (Å²) in [5, 5.41) is 51.6. The molecule has 0 bridgehead atoms. The van der Waals surface area contributed by atoms with Crippen LogP contribution in [-0.2, 0) is 56.0 Å². The van der Waals surface area contributed by atoms with Crippen molar-refractivity contribution in [1.82, 2.24) is 47.5 Å². The molecule has 382 valence electrons. The van der Waals surface area contributed by atoms with Gasteiger partial charge in [-0.25, -0.2) is 0 Å². The van der Waals surface area contributed by atoms with Gasteiger partial charge in [0.2, 0.25) is 47.3 Å². The zero-order valence-electron chi connectivity index (χ0n) is 39.9. The zero-order valence-corrected chi connectivity index (χ0v) is 39.9. The fraction of sp³-hybridized carbons (Fsp3) is 0.521. The van der Waals surface area contributed by atoms with Crippen molar-refractivity contribution in [2.24, 2.45) is 17.6 Å². The lowest BCUT2D eigenvalue weighted by Crippen LogP contribution is -2.62. The number of aromatic amines is 1. The molecule has 1 aliphatic heterocycles. The molecule has 0 spiro atoms. The van der Waals surface area contributed by atoms with Crippen LogP contribution in [0.3, 0.4) is 0 Å². The molecule has 8 atom stereocenters. The average Bonchev–Trinajstić information content (AvgIpc) is 3.72. The number of carbonyl (C=O) groups is 9. The normalized spacial score (nSPS) is 24.1. The first kappa shape index (κ1) is 55.7. The van der Waals surface area contributed by atoms with Crippen LogP contribution in [0.25, 0.3) is 10.9 Å². The SMILES string of the molecule is CC(C)C[C@@H]1NC(=O)[C@H](CCCCN)NC(=O)[C@H](Cc2ccccc2)NC(=O)[C@H](CO)NC(=O)[C@H](CC(=O)O)NC(=O)[C@H](CC(C)C)NC(=O)[C@H](Cc2c[nH]c3ccccc23)NC(=O)[C@H](CO)NC1=O. The van der Waals surface area contributed by atoms with E-state index in [1.165, 1.54) is 0 Å². The van der Waals surface area contributed by atoms with Crippen molar-refractivity contribution < 1.29 is 58.5 Å². The fourth-order valence-corrected chi connectivity index (χ4v) is 7.91. The quantitative estimate of drug-likeness (QED) is 0.0730. The molecule has 0 unspecified atom stereocenters. The number of carboxylic acids is 1. The Hall–Kier alpha value is -6.91. The molecule has 70 heavy (non-hydrogen) atoms. The number of unbranched alkanes of at least 4 members (excludes halogenated alkanes) is 1. The van der Waals surface area contributed by atoms with Gasteiger partial charge in [-0.3, -0.25) is 43.2 Å². The summed E-state index contributed by atoms with van der Waals surface area (Å²) >= 11 is 0. The van der Waals surface area contributed by atoms with E-state index in [0.717, 1.165) is 0 Å². The number of aromatic nitrogens is 1. The van der Waals surface area contributed by atoms with Crippen LogP contribution in [0.15, 0.2) is 60.8 Å². The Labute approximate surface area is 405 Å². The van der Waals surface area contributed by atoms with E-state index >= 15 is 0 Å². The highest BCUT2D eigenvalue weighted by Gasteiger charge is 2.37. The first-order valence-corrected chi connectivity index (χ1v) is 23.5. The van der Waals surface area contributed by atoms with Gasteiger partial charge < -0.3 is 68.6 Å². The second-order valence-electron chi connectivity index (χ2n) is 18.2. The minimum atomic E-state index is -1.87. The zero-order chi connectivity index (χ0) is 51.5. The van der Waals surface area contributed by atoms with Gasteiger partial charge >= 0.3 is 5.97 Å². The van der Waals surface area contributed by atoms with Gasteiger partial charge in [0.1, 0.15) is 48.3 Å². The summed E-state index contributed by atoms with van der Waals surface area (Å²) in [6.45, 7) is 5.31. The van der Waals surface area contributed by atoms with Crippen LogP contribution in [0.2, 0.25) is 0 Å². The predicted octanol–water partition coefficient (Wildman–Crippen LogP) is -1.47. The number of aliphatic carboxylic acids is 1. The number of carbonyl (C=O) groups excluding carboxylic acids is 8. The second kappa shape index (κ2) is 27.3. The topological polar surface area (TPSA) is 352 Å². The van der Waals surface area contributed by atoms with Crippen molar-refractivity contribution in [3.05, 3.63) is 71.9 Å². The van der Waals surface area contributed by atoms with Crippen LogP contribution in [0.5, 0.6) is 0 Å². The maximum Gasteiger partial charge on any atom is 0.305 e.